The van der Waals surface area contributed by atoms with E-state index in [1.54, 1.807) is 36.4 Å². The van der Waals surface area contributed by atoms with Gasteiger partial charge in [0.15, 0.2) is 6.10 Å². The van der Waals surface area contributed by atoms with Gasteiger partial charge in [-0.05, 0) is 5.56 Å². The first-order chi connectivity index (χ1) is 9.22. The number of hydrogen-bond acceptors (Lipinski definition) is 5. The van der Waals surface area contributed by atoms with Crippen LogP contribution < -0.4 is 5.73 Å². The van der Waals surface area contributed by atoms with Crippen molar-refractivity contribution < 1.29 is 4.74 Å². The maximum absolute atomic E-state index is 9.09. The van der Waals surface area contributed by atoms with Gasteiger partial charge in [-0.2, -0.15) is 15.8 Å². The Bertz CT molecular complexity index is 680. The van der Waals surface area contributed by atoms with Crippen LogP contribution in [-0.2, 0) is 4.74 Å². The Balaban J connectivity index is 2.63. The summed E-state index contributed by atoms with van der Waals surface area (Å²) in [5.74, 6) is -0.0608. The predicted molar refractivity (Wildman–Crippen MR) is 65.3 cm³/mol. The number of benzene rings is 1. The third-order valence-electron chi connectivity index (χ3n) is 2.73. The van der Waals surface area contributed by atoms with Gasteiger partial charge in [-0.15, -0.1) is 0 Å². The van der Waals surface area contributed by atoms with E-state index in [0.717, 1.165) is 5.56 Å². The zero-order chi connectivity index (χ0) is 13.8. The van der Waals surface area contributed by atoms with Gasteiger partial charge in [0.1, 0.15) is 29.4 Å². The molecular formula is C14H8N4O. The lowest BCUT2D eigenvalue weighted by Crippen LogP contribution is -2.04. The molecule has 0 unspecified atom stereocenters. The molecule has 1 aromatic rings. The zero-order valence-corrected chi connectivity index (χ0v) is 9.79. The van der Waals surface area contributed by atoms with Crippen LogP contribution in [0, 0.1) is 34.0 Å². The first kappa shape index (κ1) is 12.2. The van der Waals surface area contributed by atoms with Crippen molar-refractivity contribution in [2.45, 2.75) is 6.10 Å². The highest BCUT2D eigenvalue weighted by Crippen LogP contribution is 2.40. The second kappa shape index (κ2) is 4.96. The van der Waals surface area contributed by atoms with Gasteiger partial charge in [0.05, 0.1) is 0 Å². The normalized spacial score (nSPS) is 17.1. The van der Waals surface area contributed by atoms with Crippen molar-refractivity contribution in [3.8, 4) is 18.2 Å². The van der Waals surface area contributed by atoms with Crippen LogP contribution >= 0.6 is 0 Å². The molecule has 0 spiro atoms. The fourth-order valence-corrected chi connectivity index (χ4v) is 1.89. The molecule has 0 amide bonds. The van der Waals surface area contributed by atoms with Crippen molar-refractivity contribution in [2.24, 2.45) is 5.73 Å². The van der Waals surface area contributed by atoms with Gasteiger partial charge >= 0.3 is 0 Å². The third-order valence-corrected chi connectivity index (χ3v) is 2.73. The average Bonchev–Trinajstić information content (AvgIpc) is 2.78. The number of ether oxygens (including phenoxy) is 1. The second-order valence-corrected chi connectivity index (χ2v) is 3.77. The van der Waals surface area contributed by atoms with Crippen LogP contribution in [0.4, 0.5) is 0 Å². The van der Waals surface area contributed by atoms with Gasteiger partial charge in [-0.25, -0.2) is 0 Å². The van der Waals surface area contributed by atoms with E-state index in [9.17, 15) is 0 Å². The smallest absolute Gasteiger partial charge is 0.203 e. The van der Waals surface area contributed by atoms with Gasteiger partial charge in [-0.3, -0.25) is 0 Å². The Hall–Kier alpha value is -3.23. The third kappa shape index (κ3) is 1.99. The number of nitrogens with zero attached hydrogens (tertiary/aromatic N) is 3. The second-order valence-electron chi connectivity index (χ2n) is 3.77. The molecule has 5 heteroatoms. The Labute approximate surface area is 110 Å². The molecule has 19 heavy (non-hydrogen) atoms. The number of nitriles is 3. The standard InChI is InChI=1S/C14H8N4O/c15-6-10(7-16)12-11(8-17)14(18)19-13(12)9-4-2-1-3-5-9/h1-5,13H,18H2/t13-/m0/s1. The first-order valence-corrected chi connectivity index (χ1v) is 5.39. The minimum absolute atomic E-state index is 0.0481. The number of rotatable bonds is 1. The van der Waals surface area contributed by atoms with E-state index in [-0.39, 0.29) is 22.6 Å². The van der Waals surface area contributed by atoms with Gasteiger partial charge in [-0.1, -0.05) is 30.3 Å². The molecule has 1 heterocycles. The highest BCUT2D eigenvalue weighted by atomic mass is 16.5. The highest BCUT2D eigenvalue weighted by molar-refractivity contribution is 5.60. The summed E-state index contributed by atoms with van der Waals surface area (Å²) in [6.07, 6.45) is -0.690. The Morgan fingerprint density at radius 2 is 1.74 bits per heavy atom. The van der Waals surface area contributed by atoms with E-state index in [1.807, 2.05) is 12.1 Å². The van der Waals surface area contributed by atoms with Gasteiger partial charge in [0, 0.05) is 5.57 Å². The molecule has 0 aromatic heterocycles. The van der Waals surface area contributed by atoms with Crippen LogP contribution in [-0.4, -0.2) is 0 Å². The van der Waals surface area contributed by atoms with Crippen molar-refractivity contribution in [1.82, 2.24) is 0 Å². The Morgan fingerprint density at radius 1 is 1.11 bits per heavy atom. The number of hydrogen-bond donors (Lipinski definition) is 1. The number of allylic oxidation sites excluding steroid dienone is 1. The quantitative estimate of drug-likeness (QED) is 0.762. The van der Waals surface area contributed by atoms with Crippen LogP contribution in [0.2, 0.25) is 0 Å². The molecule has 1 atom stereocenters. The molecule has 0 fully saturated rings. The summed E-state index contributed by atoms with van der Waals surface area (Å²) in [6.45, 7) is 0. The van der Waals surface area contributed by atoms with Crippen molar-refractivity contribution in [3.63, 3.8) is 0 Å². The van der Waals surface area contributed by atoms with Gasteiger partial charge in [0.2, 0.25) is 5.88 Å². The lowest BCUT2D eigenvalue weighted by molar-refractivity contribution is 0.166. The van der Waals surface area contributed by atoms with Crippen LogP contribution in [0.1, 0.15) is 11.7 Å². The maximum atomic E-state index is 9.09. The SMILES string of the molecule is N#CC(C#N)=C1C(C#N)=C(N)O[C@H]1c1ccccc1. The lowest BCUT2D eigenvalue weighted by atomic mass is 9.94. The summed E-state index contributed by atoms with van der Waals surface area (Å²) >= 11 is 0. The largest absolute Gasteiger partial charge is 0.465 e. The molecule has 1 aromatic carbocycles. The predicted octanol–water partition coefficient (Wildman–Crippen LogP) is 1.80. The minimum atomic E-state index is -0.690. The van der Waals surface area contributed by atoms with Crippen molar-refractivity contribution >= 4 is 0 Å². The summed E-state index contributed by atoms with van der Waals surface area (Å²) in [5, 5.41) is 27.1. The molecule has 2 N–H and O–H groups in total. The molecule has 0 saturated carbocycles. The number of nitrogens with two attached hydrogens (primary N) is 1. The summed E-state index contributed by atoms with van der Waals surface area (Å²) in [7, 11) is 0. The lowest BCUT2D eigenvalue weighted by Gasteiger charge is -2.13. The van der Waals surface area contributed by atoms with Crippen molar-refractivity contribution in [2.75, 3.05) is 0 Å². The Morgan fingerprint density at radius 3 is 2.26 bits per heavy atom. The molecule has 1 aliphatic rings. The summed E-state index contributed by atoms with van der Waals surface area (Å²) in [5.41, 5.74) is 6.49. The highest BCUT2D eigenvalue weighted by Gasteiger charge is 2.34. The van der Waals surface area contributed by atoms with Crippen molar-refractivity contribution in [1.29, 1.82) is 15.8 Å². The summed E-state index contributed by atoms with van der Waals surface area (Å²) in [4.78, 5) is 0. The molecule has 2 rings (SSSR count). The molecule has 0 bridgehead atoms. The Kier molecular flexibility index (Phi) is 3.19. The molecular weight excluding hydrogens is 240 g/mol. The fraction of sp³-hybridized carbons (Fsp3) is 0.0714. The monoisotopic (exact) mass is 248 g/mol. The summed E-state index contributed by atoms with van der Waals surface area (Å²) < 4.78 is 5.42. The zero-order valence-electron chi connectivity index (χ0n) is 9.79. The van der Waals surface area contributed by atoms with E-state index >= 15 is 0 Å². The molecule has 0 saturated heterocycles. The molecule has 1 aliphatic heterocycles. The first-order valence-electron chi connectivity index (χ1n) is 5.39. The van der Waals surface area contributed by atoms with Crippen LogP contribution in [0.5, 0.6) is 0 Å². The van der Waals surface area contributed by atoms with Gasteiger partial charge < -0.3 is 10.5 Å². The van der Waals surface area contributed by atoms with Crippen LogP contribution in [0.15, 0.2) is 52.9 Å². The topological polar surface area (TPSA) is 107 Å². The molecule has 90 valence electrons. The molecule has 0 radical (unpaired) electrons. The molecule has 5 nitrogen and oxygen atoms in total. The minimum Gasteiger partial charge on any atom is -0.465 e. The van der Waals surface area contributed by atoms with E-state index in [0.29, 0.717) is 0 Å². The van der Waals surface area contributed by atoms with E-state index in [1.165, 1.54) is 0 Å². The van der Waals surface area contributed by atoms with Crippen LogP contribution in [0.25, 0.3) is 0 Å². The van der Waals surface area contributed by atoms with Crippen molar-refractivity contribution in [3.05, 3.63) is 58.5 Å². The molecule has 0 aliphatic carbocycles. The van der Waals surface area contributed by atoms with Crippen LogP contribution in [0.3, 0.4) is 0 Å². The maximum Gasteiger partial charge on any atom is 0.203 e. The average molecular weight is 248 g/mol. The summed E-state index contributed by atoms with van der Waals surface area (Å²) in [6, 6.07) is 14.4. The van der Waals surface area contributed by atoms with E-state index in [2.05, 4.69) is 0 Å². The van der Waals surface area contributed by atoms with Gasteiger partial charge in [0.25, 0.3) is 0 Å². The van der Waals surface area contributed by atoms with E-state index < -0.39 is 6.10 Å². The fourth-order valence-electron chi connectivity index (χ4n) is 1.89. The van der Waals surface area contributed by atoms with E-state index in [4.69, 9.17) is 26.3 Å².